The smallest absolute Gasteiger partial charge is 0.290 e. The zero-order valence-electron chi connectivity index (χ0n) is 34.3. The number of aromatic amines is 1. The molecule has 11 heteroatoms. The number of Topliss-reactive ketones (excluding diaryl/α,β-unsaturated/α-hetero) is 1. The molecule has 1 aromatic heterocycles. The summed E-state index contributed by atoms with van der Waals surface area (Å²) in [6.07, 6.45) is 2.57. The molecule has 1 fully saturated rings. The Hall–Kier alpha value is -6.11. The van der Waals surface area contributed by atoms with Gasteiger partial charge in [-0.1, -0.05) is 110 Å². The van der Waals surface area contributed by atoms with E-state index >= 15 is 0 Å². The predicted molar refractivity (Wildman–Crippen MR) is 236 cm³/mol. The molecule has 1 aliphatic heterocycles. The van der Waals surface area contributed by atoms with E-state index in [9.17, 15) is 19.8 Å². The molecule has 11 nitrogen and oxygen atoms in total. The summed E-state index contributed by atoms with van der Waals surface area (Å²) in [4.78, 5) is 36.1. The SMILES string of the molecule is CCC1CC[NH+](CC(=O)c2ccccc2)C1.CNC(c1ccccc1)c1cccc(OCc2ccc(CCNCC(O)c3ccc(O)c4[nH]c(=O)ccc34)cc2)c1.O=CO. The topological polar surface area (TPSA) is 165 Å². The van der Waals surface area contributed by atoms with Crippen LogP contribution in [0.2, 0.25) is 0 Å². The summed E-state index contributed by atoms with van der Waals surface area (Å²) >= 11 is 0. The number of phenolic OH excluding ortho intramolecular Hbond substituents is 1. The van der Waals surface area contributed by atoms with Gasteiger partial charge in [0.25, 0.3) is 6.47 Å². The van der Waals surface area contributed by atoms with E-state index in [0.717, 1.165) is 41.3 Å². The van der Waals surface area contributed by atoms with Crippen LogP contribution >= 0.6 is 0 Å². The lowest BCUT2D eigenvalue weighted by molar-refractivity contribution is -0.880. The molecule has 2 heterocycles. The highest BCUT2D eigenvalue weighted by atomic mass is 16.5. The number of phenols is 1. The van der Waals surface area contributed by atoms with E-state index in [-0.39, 0.29) is 29.6 Å². The van der Waals surface area contributed by atoms with Gasteiger partial charge in [-0.3, -0.25) is 14.4 Å². The number of rotatable bonds is 16. The third-order valence-corrected chi connectivity index (χ3v) is 10.8. The number of nitrogens with one attached hydrogen (secondary N) is 4. The molecule has 4 unspecified atom stereocenters. The molecule has 0 bridgehead atoms. The van der Waals surface area contributed by atoms with E-state index in [1.165, 1.54) is 47.5 Å². The molecule has 0 saturated carbocycles. The van der Waals surface area contributed by atoms with Crippen molar-refractivity contribution in [3.05, 3.63) is 177 Å². The minimum Gasteiger partial charge on any atom is -0.506 e. The second kappa shape index (κ2) is 23.5. The zero-order valence-corrected chi connectivity index (χ0v) is 34.3. The van der Waals surface area contributed by atoms with Crippen LogP contribution in [-0.4, -0.2) is 72.3 Å². The number of likely N-dealkylation sites (tertiary alicyclic amines) is 1. The number of carboxylic acid groups (broad SMARTS) is 1. The number of H-pyrrole nitrogens is 1. The van der Waals surface area contributed by atoms with Gasteiger partial charge in [-0.25, -0.2) is 0 Å². The number of benzene rings is 5. The van der Waals surface area contributed by atoms with Gasteiger partial charge in [0.05, 0.1) is 30.8 Å². The van der Waals surface area contributed by atoms with Gasteiger partial charge in [0.2, 0.25) is 11.3 Å². The second-order valence-corrected chi connectivity index (χ2v) is 14.9. The number of hydrogen-bond acceptors (Lipinski definition) is 8. The van der Waals surface area contributed by atoms with Crippen molar-refractivity contribution in [1.29, 1.82) is 0 Å². The van der Waals surface area contributed by atoms with Crippen LogP contribution in [0.3, 0.4) is 0 Å². The standard InChI is InChI=1S/C34H35N3O4.C14H19NO.CH2O2/c1-35-33(25-6-3-2-4-7-25)26-8-5-9-27(20-26)41-22-24-12-10-23(11-13-24)18-19-36-21-31(39)28-14-16-30(38)34-29(28)15-17-32(40)37-34;1-2-12-8-9-15(10-12)11-14(16)13-6-4-3-5-7-13;2-1-3/h2-17,20,31,33,35-36,38-39H,18-19,21-22H2,1H3,(H,37,40);3-7,12H,2,8-11H2,1H3;1H,(H,2,3)/p+1. The molecule has 0 radical (unpaired) electrons. The van der Waals surface area contributed by atoms with Gasteiger partial charge in [-0.05, 0) is 78.5 Å². The average Bonchev–Trinajstić information content (AvgIpc) is 3.74. The molecule has 0 aliphatic carbocycles. The molecule has 1 aliphatic rings. The Balaban J connectivity index is 0.000000298. The molecule has 0 amide bonds. The van der Waals surface area contributed by atoms with E-state index in [4.69, 9.17) is 14.6 Å². The molecule has 314 valence electrons. The number of aromatic hydroxyl groups is 1. The maximum atomic E-state index is 12.0. The number of carbonyl (C=O) groups is 2. The van der Waals surface area contributed by atoms with Crippen LogP contribution in [-0.2, 0) is 17.8 Å². The molecule has 4 atom stereocenters. The summed E-state index contributed by atoms with van der Waals surface area (Å²) < 4.78 is 6.11. The molecule has 0 spiro atoms. The predicted octanol–water partition coefficient (Wildman–Crippen LogP) is 5.87. The van der Waals surface area contributed by atoms with E-state index in [2.05, 4.69) is 71.1 Å². The van der Waals surface area contributed by atoms with E-state index in [0.29, 0.717) is 42.7 Å². The molecule has 7 N–H and O–H groups in total. The maximum Gasteiger partial charge on any atom is 0.290 e. The van der Waals surface area contributed by atoms with Crippen LogP contribution in [0.1, 0.15) is 70.1 Å². The van der Waals surface area contributed by atoms with Crippen molar-refractivity contribution in [2.45, 2.75) is 44.9 Å². The average molecular weight is 814 g/mol. The zero-order chi connectivity index (χ0) is 42.7. The van der Waals surface area contributed by atoms with E-state index in [1.54, 1.807) is 12.1 Å². The first-order valence-corrected chi connectivity index (χ1v) is 20.5. The molecular formula is C49H57N4O7+. The fraction of sp³-hybridized carbons (Fsp3) is 0.286. The van der Waals surface area contributed by atoms with E-state index in [1.807, 2.05) is 67.7 Å². The summed E-state index contributed by atoms with van der Waals surface area (Å²) in [5.74, 6) is 1.93. The van der Waals surface area contributed by atoms with Gasteiger partial charge < -0.3 is 40.6 Å². The van der Waals surface area contributed by atoms with E-state index < -0.39 is 6.10 Å². The summed E-state index contributed by atoms with van der Waals surface area (Å²) in [5, 5.41) is 35.0. The van der Waals surface area contributed by atoms with Crippen LogP contribution in [0, 0.1) is 5.92 Å². The summed E-state index contributed by atoms with van der Waals surface area (Å²) in [5.41, 5.74) is 6.17. The number of fused-ring (bicyclic) bond motifs is 1. The van der Waals surface area contributed by atoms with Gasteiger partial charge in [-0.2, -0.15) is 0 Å². The van der Waals surface area contributed by atoms with Crippen molar-refractivity contribution in [1.82, 2.24) is 15.6 Å². The lowest BCUT2D eigenvalue weighted by atomic mass is 9.99. The van der Waals surface area contributed by atoms with Crippen LogP contribution in [0.4, 0.5) is 0 Å². The third kappa shape index (κ3) is 13.2. The first-order chi connectivity index (χ1) is 29.2. The maximum absolute atomic E-state index is 12.0. The first-order valence-electron chi connectivity index (χ1n) is 20.5. The van der Waals surface area contributed by atoms with Crippen LogP contribution in [0.15, 0.2) is 138 Å². The fourth-order valence-corrected chi connectivity index (χ4v) is 7.54. The van der Waals surface area contributed by atoms with Crippen LogP contribution in [0.25, 0.3) is 10.9 Å². The number of carbonyl (C=O) groups excluding carboxylic acids is 1. The monoisotopic (exact) mass is 813 g/mol. The lowest BCUT2D eigenvalue weighted by Crippen LogP contribution is -3.11. The Bertz CT molecular complexity index is 2280. The molecule has 1 saturated heterocycles. The Kier molecular flexibility index (Phi) is 17.6. The Morgan fingerprint density at radius 1 is 0.900 bits per heavy atom. The van der Waals surface area contributed by atoms with Crippen LogP contribution in [0.5, 0.6) is 11.5 Å². The molecule has 60 heavy (non-hydrogen) atoms. The third-order valence-electron chi connectivity index (χ3n) is 10.8. The molecular weight excluding hydrogens is 757 g/mol. The number of pyridine rings is 1. The van der Waals surface area contributed by atoms with Crippen molar-refractivity contribution < 1.29 is 34.5 Å². The van der Waals surface area contributed by atoms with Crippen molar-refractivity contribution >= 4 is 23.2 Å². The van der Waals surface area contributed by atoms with Gasteiger partial charge in [-0.15, -0.1) is 0 Å². The molecule has 7 rings (SSSR count). The van der Waals surface area contributed by atoms with Crippen molar-refractivity contribution in [3.63, 3.8) is 0 Å². The summed E-state index contributed by atoms with van der Waals surface area (Å²) in [6, 6.07) is 42.8. The quantitative estimate of drug-likeness (QED) is 0.0360. The number of ketones is 1. The highest BCUT2D eigenvalue weighted by Crippen LogP contribution is 2.29. The number of aliphatic hydroxyl groups excluding tert-OH is 1. The molecule has 6 aromatic rings. The number of quaternary nitrogens is 1. The first kappa shape index (κ1) is 45.0. The minimum absolute atomic E-state index is 0.0190. The van der Waals surface area contributed by atoms with Crippen LogP contribution < -0.4 is 25.8 Å². The number of hydrogen-bond donors (Lipinski definition) is 7. The lowest BCUT2D eigenvalue weighted by Gasteiger charge is -2.18. The van der Waals surface area contributed by atoms with Crippen molar-refractivity contribution in [2.75, 3.05) is 39.8 Å². The van der Waals surface area contributed by atoms with Gasteiger partial charge >= 0.3 is 0 Å². The summed E-state index contributed by atoms with van der Waals surface area (Å²) in [7, 11) is 1.96. The fourth-order valence-electron chi connectivity index (χ4n) is 7.54. The Morgan fingerprint density at radius 3 is 2.27 bits per heavy atom. The number of ether oxygens (including phenoxy) is 1. The normalized spacial score (nSPS) is 15.4. The van der Waals surface area contributed by atoms with Gasteiger partial charge in [0, 0.05) is 35.9 Å². The minimum atomic E-state index is -0.780. The van der Waals surface area contributed by atoms with Gasteiger partial charge in [0.1, 0.15) is 24.7 Å². The Morgan fingerprint density at radius 2 is 1.58 bits per heavy atom. The van der Waals surface area contributed by atoms with Crippen molar-refractivity contribution in [2.24, 2.45) is 5.92 Å². The number of aromatic nitrogens is 1. The second-order valence-electron chi connectivity index (χ2n) is 14.9. The summed E-state index contributed by atoms with van der Waals surface area (Å²) in [6.45, 7) is 6.53. The largest absolute Gasteiger partial charge is 0.506 e. The Labute approximate surface area is 351 Å². The van der Waals surface area contributed by atoms with Crippen molar-refractivity contribution in [3.8, 4) is 11.5 Å². The highest BCUT2D eigenvalue weighted by Gasteiger charge is 2.26. The number of aliphatic hydroxyl groups is 1. The highest BCUT2D eigenvalue weighted by molar-refractivity contribution is 5.96. The molecule has 5 aromatic carbocycles. The van der Waals surface area contributed by atoms with Gasteiger partial charge in [0.15, 0.2) is 0 Å².